The number of amides is 1. The van der Waals surface area contributed by atoms with Gasteiger partial charge < -0.3 is 10.6 Å². The highest BCUT2D eigenvalue weighted by Gasteiger charge is 2.28. The predicted molar refractivity (Wildman–Crippen MR) is 72.1 cm³/mol. The van der Waals surface area contributed by atoms with E-state index < -0.39 is 6.17 Å². The first-order valence-electron chi connectivity index (χ1n) is 5.80. The summed E-state index contributed by atoms with van der Waals surface area (Å²) in [5.74, 6) is 0.227. The monoisotopic (exact) mass is 274 g/mol. The van der Waals surface area contributed by atoms with E-state index in [0.29, 0.717) is 16.4 Å². The SMILES string of the molecule is Cc1cccc(C2NC(=O)c3c(Cl)ccnc3N2)n1. The summed E-state index contributed by atoms with van der Waals surface area (Å²) in [5.41, 5.74) is 1.99. The van der Waals surface area contributed by atoms with Crippen LogP contribution in [0.15, 0.2) is 30.5 Å². The summed E-state index contributed by atoms with van der Waals surface area (Å²) in [5, 5.41) is 6.32. The van der Waals surface area contributed by atoms with Gasteiger partial charge in [0.25, 0.3) is 5.91 Å². The fourth-order valence-electron chi connectivity index (χ4n) is 2.01. The number of hydrogen-bond acceptors (Lipinski definition) is 4. The zero-order valence-corrected chi connectivity index (χ0v) is 10.9. The number of pyridine rings is 2. The number of aryl methyl sites for hydroxylation is 1. The summed E-state index contributed by atoms with van der Waals surface area (Å²) < 4.78 is 0. The third kappa shape index (κ3) is 2.13. The number of rotatable bonds is 1. The third-order valence-electron chi connectivity index (χ3n) is 2.89. The molecular formula is C13H11ClN4O. The Hall–Kier alpha value is -2.14. The molecule has 3 heterocycles. The van der Waals surface area contributed by atoms with Crippen LogP contribution in [0.2, 0.25) is 5.02 Å². The number of halogens is 1. The van der Waals surface area contributed by atoms with E-state index in [0.717, 1.165) is 11.4 Å². The predicted octanol–water partition coefficient (Wildman–Crippen LogP) is 2.29. The highest BCUT2D eigenvalue weighted by atomic mass is 35.5. The van der Waals surface area contributed by atoms with E-state index in [1.54, 1.807) is 12.3 Å². The molecule has 0 radical (unpaired) electrons. The second-order valence-electron chi connectivity index (χ2n) is 4.27. The smallest absolute Gasteiger partial charge is 0.258 e. The van der Waals surface area contributed by atoms with Crippen molar-refractivity contribution in [3.05, 3.63) is 52.4 Å². The second-order valence-corrected chi connectivity index (χ2v) is 4.68. The van der Waals surface area contributed by atoms with E-state index in [-0.39, 0.29) is 5.91 Å². The molecule has 1 aliphatic heterocycles. The average Bonchev–Trinajstić information content (AvgIpc) is 2.38. The molecule has 1 aliphatic rings. The van der Waals surface area contributed by atoms with Crippen LogP contribution in [0, 0.1) is 6.92 Å². The zero-order valence-electron chi connectivity index (χ0n) is 10.1. The van der Waals surface area contributed by atoms with Crippen LogP contribution in [0.25, 0.3) is 0 Å². The van der Waals surface area contributed by atoms with E-state index in [4.69, 9.17) is 11.6 Å². The first kappa shape index (κ1) is 11.9. The van der Waals surface area contributed by atoms with Crippen LogP contribution < -0.4 is 10.6 Å². The lowest BCUT2D eigenvalue weighted by molar-refractivity contribution is 0.0934. The Morgan fingerprint density at radius 1 is 1.26 bits per heavy atom. The number of carbonyl (C=O) groups excluding carboxylic acids is 1. The standard InChI is InChI=1S/C13H11ClN4O/c1-7-3-2-4-9(16-7)11-17-12-10(13(19)18-11)8(14)5-6-15-12/h2-6,11H,1H3,(H,15,17)(H,18,19). The molecule has 0 fully saturated rings. The molecule has 2 N–H and O–H groups in total. The van der Waals surface area contributed by atoms with Gasteiger partial charge in [0, 0.05) is 11.9 Å². The number of anilines is 1. The number of nitrogens with zero attached hydrogens (tertiary/aromatic N) is 2. The molecule has 96 valence electrons. The van der Waals surface area contributed by atoms with Gasteiger partial charge in [-0.3, -0.25) is 9.78 Å². The average molecular weight is 275 g/mol. The molecule has 5 nitrogen and oxygen atoms in total. The van der Waals surface area contributed by atoms with E-state index in [1.807, 2.05) is 25.1 Å². The molecule has 19 heavy (non-hydrogen) atoms. The first-order chi connectivity index (χ1) is 9.15. The van der Waals surface area contributed by atoms with Crippen LogP contribution in [0.4, 0.5) is 5.82 Å². The van der Waals surface area contributed by atoms with Crippen LogP contribution in [-0.2, 0) is 0 Å². The molecule has 0 spiro atoms. The van der Waals surface area contributed by atoms with Crippen molar-refractivity contribution < 1.29 is 4.79 Å². The van der Waals surface area contributed by atoms with Gasteiger partial charge in [-0.15, -0.1) is 0 Å². The van der Waals surface area contributed by atoms with Crippen LogP contribution in [-0.4, -0.2) is 15.9 Å². The van der Waals surface area contributed by atoms with Crippen LogP contribution in [0.3, 0.4) is 0 Å². The van der Waals surface area contributed by atoms with Crippen LogP contribution in [0.1, 0.15) is 27.9 Å². The van der Waals surface area contributed by atoms with Crippen molar-refractivity contribution in [2.45, 2.75) is 13.1 Å². The molecule has 2 aromatic heterocycles. The molecule has 1 atom stereocenters. The summed E-state index contributed by atoms with van der Waals surface area (Å²) in [4.78, 5) is 20.6. The van der Waals surface area contributed by atoms with Crippen molar-refractivity contribution in [2.24, 2.45) is 0 Å². The lowest BCUT2D eigenvalue weighted by Crippen LogP contribution is -2.39. The van der Waals surface area contributed by atoms with E-state index >= 15 is 0 Å². The Bertz CT molecular complexity index is 659. The Kier molecular flexibility index (Phi) is 2.83. The summed E-state index contributed by atoms with van der Waals surface area (Å²) in [6, 6.07) is 7.23. The van der Waals surface area contributed by atoms with Gasteiger partial charge in [-0.25, -0.2) is 4.98 Å². The fourth-order valence-corrected chi connectivity index (χ4v) is 2.24. The molecule has 0 bridgehead atoms. The number of nitrogens with one attached hydrogen (secondary N) is 2. The highest BCUT2D eigenvalue weighted by Crippen LogP contribution is 2.28. The maximum atomic E-state index is 12.1. The van der Waals surface area contributed by atoms with Crippen molar-refractivity contribution in [1.82, 2.24) is 15.3 Å². The minimum Gasteiger partial charge on any atom is -0.344 e. The molecule has 6 heteroatoms. The maximum Gasteiger partial charge on any atom is 0.258 e. The van der Waals surface area contributed by atoms with E-state index in [1.165, 1.54) is 0 Å². The molecule has 3 rings (SSSR count). The topological polar surface area (TPSA) is 66.9 Å². The highest BCUT2D eigenvalue weighted by molar-refractivity contribution is 6.34. The largest absolute Gasteiger partial charge is 0.344 e. The molecule has 0 aliphatic carbocycles. The number of fused-ring (bicyclic) bond motifs is 1. The van der Waals surface area contributed by atoms with E-state index in [9.17, 15) is 4.79 Å². The lowest BCUT2D eigenvalue weighted by atomic mass is 10.1. The Balaban J connectivity index is 2.00. The number of hydrogen-bond donors (Lipinski definition) is 2. The lowest BCUT2D eigenvalue weighted by Gasteiger charge is -2.27. The summed E-state index contributed by atoms with van der Waals surface area (Å²) in [7, 11) is 0. The Labute approximate surface area is 115 Å². The van der Waals surface area contributed by atoms with Gasteiger partial charge in [0.05, 0.1) is 10.7 Å². The van der Waals surface area contributed by atoms with Gasteiger partial charge >= 0.3 is 0 Å². The van der Waals surface area contributed by atoms with Crippen molar-refractivity contribution in [2.75, 3.05) is 5.32 Å². The van der Waals surface area contributed by atoms with Gasteiger partial charge in [-0.1, -0.05) is 17.7 Å². The molecular weight excluding hydrogens is 264 g/mol. The summed E-state index contributed by atoms with van der Waals surface area (Å²) in [6.07, 6.45) is 1.17. The van der Waals surface area contributed by atoms with Crippen molar-refractivity contribution >= 4 is 23.3 Å². The van der Waals surface area contributed by atoms with Crippen molar-refractivity contribution in [3.8, 4) is 0 Å². The molecule has 2 aromatic rings. The summed E-state index contributed by atoms with van der Waals surface area (Å²) in [6.45, 7) is 1.90. The van der Waals surface area contributed by atoms with Crippen LogP contribution in [0.5, 0.6) is 0 Å². The van der Waals surface area contributed by atoms with Crippen molar-refractivity contribution in [1.29, 1.82) is 0 Å². The van der Waals surface area contributed by atoms with Crippen LogP contribution >= 0.6 is 11.6 Å². The number of aromatic nitrogens is 2. The molecule has 1 unspecified atom stereocenters. The van der Waals surface area contributed by atoms with E-state index in [2.05, 4.69) is 20.6 Å². The minimum absolute atomic E-state index is 0.250. The molecule has 0 saturated carbocycles. The maximum absolute atomic E-state index is 12.1. The van der Waals surface area contributed by atoms with Gasteiger partial charge in [0.15, 0.2) is 0 Å². The first-order valence-corrected chi connectivity index (χ1v) is 6.18. The van der Waals surface area contributed by atoms with Gasteiger partial charge in [0.1, 0.15) is 17.5 Å². The quantitative estimate of drug-likeness (QED) is 0.837. The minimum atomic E-state index is -0.397. The molecule has 0 saturated heterocycles. The summed E-state index contributed by atoms with van der Waals surface area (Å²) >= 11 is 6.00. The Morgan fingerprint density at radius 3 is 2.89 bits per heavy atom. The Morgan fingerprint density at radius 2 is 2.11 bits per heavy atom. The molecule has 0 aromatic carbocycles. The zero-order chi connectivity index (χ0) is 13.4. The second kappa shape index (κ2) is 4.51. The molecule has 1 amide bonds. The number of carbonyl (C=O) groups is 1. The normalized spacial score (nSPS) is 17.4. The van der Waals surface area contributed by atoms with Gasteiger partial charge in [-0.05, 0) is 25.1 Å². The van der Waals surface area contributed by atoms with Crippen molar-refractivity contribution in [3.63, 3.8) is 0 Å². The van der Waals surface area contributed by atoms with Gasteiger partial charge in [0.2, 0.25) is 0 Å². The van der Waals surface area contributed by atoms with Gasteiger partial charge in [-0.2, -0.15) is 0 Å². The fraction of sp³-hybridized carbons (Fsp3) is 0.154. The third-order valence-corrected chi connectivity index (χ3v) is 3.20.